The molecule has 0 fully saturated rings. The second-order valence-corrected chi connectivity index (χ2v) is 3.90. The van der Waals surface area contributed by atoms with Crippen LogP contribution in [0.25, 0.3) is 11.1 Å². The number of carbonyl (C=O) groups is 1. The van der Waals surface area contributed by atoms with E-state index in [1.54, 1.807) is 0 Å². The number of ether oxygens (including phenoxy) is 1. The van der Waals surface area contributed by atoms with Crippen molar-refractivity contribution in [1.82, 2.24) is 0 Å². The van der Waals surface area contributed by atoms with Crippen molar-refractivity contribution in [2.75, 3.05) is 7.11 Å². The minimum atomic E-state index is -0.773. The molecule has 2 aromatic carbocycles. The lowest BCUT2D eigenvalue weighted by Gasteiger charge is -2.10. The lowest BCUT2D eigenvalue weighted by Crippen LogP contribution is -1.92. The van der Waals surface area contributed by atoms with Gasteiger partial charge in [0, 0.05) is 17.2 Å². The quantitative estimate of drug-likeness (QED) is 0.866. The van der Waals surface area contributed by atoms with Crippen LogP contribution in [0.15, 0.2) is 30.3 Å². The standard InChI is InChI=1S/C14H10F2O3/c1-19-13-3-8(7-17)2-12(14(13)18)9-4-10(15)6-11(16)5-9/h2-7,18H,1H3. The van der Waals surface area contributed by atoms with E-state index in [1.807, 2.05) is 0 Å². The molecule has 19 heavy (non-hydrogen) atoms. The first-order valence-electron chi connectivity index (χ1n) is 5.38. The Morgan fingerprint density at radius 3 is 2.26 bits per heavy atom. The fourth-order valence-corrected chi connectivity index (χ4v) is 1.78. The van der Waals surface area contributed by atoms with Crippen LogP contribution in [-0.4, -0.2) is 18.5 Å². The molecule has 0 aliphatic rings. The van der Waals surface area contributed by atoms with Crippen LogP contribution >= 0.6 is 0 Å². The van der Waals surface area contributed by atoms with Gasteiger partial charge in [0.2, 0.25) is 0 Å². The minimum Gasteiger partial charge on any atom is -0.504 e. The van der Waals surface area contributed by atoms with E-state index in [9.17, 15) is 18.7 Å². The van der Waals surface area contributed by atoms with Crippen molar-refractivity contribution in [3.63, 3.8) is 0 Å². The zero-order valence-corrected chi connectivity index (χ0v) is 9.98. The van der Waals surface area contributed by atoms with Crippen LogP contribution in [-0.2, 0) is 0 Å². The number of phenols is 1. The zero-order valence-electron chi connectivity index (χ0n) is 9.98. The number of carbonyl (C=O) groups excluding carboxylic acids is 1. The number of hydrogen-bond acceptors (Lipinski definition) is 3. The molecule has 0 aliphatic carbocycles. The lowest BCUT2D eigenvalue weighted by atomic mass is 10.0. The maximum absolute atomic E-state index is 13.2. The van der Waals surface area contributed by atoms with Gasteiger partial charge < -0.3 is 9.84 Å². The van der Waals surface area contributed by atoms with Crippen molar-refractivity contribution >= 4 is 6.29 Å². The smallest absolute Gasteiger partial charge is 0.165 e. The highest BCUT2D eigenvalue weighted by molar-refractivity contribution is 5.83. The fourth-order valence-electron chi connectivity index (χ4n) is 1.78. The molecular formula is C14H10F2O3. The Kier molecular flexibility index (Phi) is 3.46. The normalized spacial score (nSPS) is 10.3. The number of rotatable bonds is 3. The molecule has 2 rings (SSSR count). The Balaban J connectivity index is 2.69. The van der Waals surface area contributed by atoms with Gasteiger partial charge in [0.05, 0.1) is 7.11 Å². The molecule has 0 aliphatic heterocycles. The van der Waals surface area contributed by atoms with Crippen molar-refractivity contribution in [2.45, 2.75) is 0 Å². The first-order valence-corrected chi connectivity index (χ1v) is 5.38. The van der Waals surface area contributed by atoms with E-state index in [1.165, 1.54) is 19.2 Å². The summed E-state index contributed by atoms with van der Waals surface area (Å²) in [5.41, 5.74) is 0.478. The molecule has 0 unspecified atom stereocenters. The predicted octanol–water partition coefficient (Wildman–Crippen LogP) is 3.16. The summed E-state index contributed by atoms with van der Waals surface area (Å²) in [6, 6.07) is 5.51. The Morgan fingerprint density at radius 2 is 1.74 bits per heavy atom. The van der Waals surface area contributed by atoms with Gasteiger partial charge in [-0.15, -0.1) is 0 Å². The molecule has 0 bridgehead atoms. The summed E-state index contributed by atoms with van der Waals surface area (Å²) in [5.74, 6) is -1.77. The SMILES string of the molecule is COc1cc(C=O)cc(-c2cc(F)cc(F)c2)c1O. The summed E-state index contributed by atoms with van der Waals surface area (Å²) < 4.78 is 31.3. The van der Waals surface area contributed by atoms with Crippen LogP contribution in [0.3, 0.4) is 0 Å². The number of benzene rings is 2. The van der Waals surface area contributed by atoms with Crippen LogP contribution in [0.4, 0.5) is 8.78 Å². The van der Waals surface area contributed by atoms with Crippen molar-refractivity contribution < 1.29 is 23.4 Å². The first-order chi connectivity index (χ1) is 9.05. The van der Waals surface area contributed by atoms with Gasteiger partial charge in [-0.2, -0.15) is 0 Å². The van der Waals surface area contributed by atoms with Gasteiger partial charge in [0.15, 0.2) is 11.5 Å². The summed E-state index contributed by atoms with van der Waals surface area (Å²) in [6.07, 6.45) is 0.557. The molecule has 0 spiro atoms. The van der Waals surface area contributed by atoms with E-state index in [0.717, 1.165) is 18.2 Å². The molecule has 1 N–H and O–H groups in total. The van der Waals surface area contributed by atoms with Gasteiger partial charge in [-0.3, -0.25) is 4.79 Å². The molecule has 0 saturated heterocycles. The van der Waals surface area contributed by atoms with Crippen LogP contribution < -0.4 is 4.74 Å². The summed E-state index contributed by atoms with van der Waals surface area (Å²) in [5, 5.41) is 9.96. The van der Waals surface area contributed by atoms with E-state index >= 15 is 0 Å². The number of phenolic OH excluding ortho intramolecular Hbond substituents is 1. The van der Waals surface area contributed by atoms with Crippen molar-refractivity contribution in [1.29, 1.82) is 0 Å². The summed E-state index contributed by atoms with van der Waals surface area (Å²) in [7, 11) is 1.32. The molecule has 0 aromatic heterocycles. The van der Waals surface area contributed by atoms with Gasteiger partial charge in [0.1, 0.15) is 17.9 Å². The first kappa shape index (κ1) is 13.0. The number of aldehydes is 1. The van der Waals surface area contributed by atoms with E-state index in [4.69, 9.17) is 4.74 Å². The zero-order chi connectivity index (χ0) is 14.0. The third-order valence-corrected chi connectivity index (χ3v) is 2.63. The maximum atomic E-state index is 13.2. The molecule has 0 atom stereocenters. The maximum Gasteiger partial charge on any atom is 0.165 e. The highest BCUT2D eigenvalue weighted by atomic mass is 19.1. The fraction of sp³-hybridized carbons (Fsp3) is 0.0714. The highest BCUT2D eigenvalue weighted by Gasteiger charge is 2.14. The van der Waals surface area contributed by atoms with Crippen molar-refractivity contribution in [2.24, 2.45) is 0 Å². The number of methoxy groups -OCH3 is 1. The molecule has 0 radical (unpaired) electrons. The number of halogens is 2. The minimum absolute atomic E-state index is 0.0595. The Hall–Kier alpha value is -2.43. The summed E-state index contributed by atoms with van der Waals surface area (Å²) in [6.45, 7) is 0. The van der Waals surface area contributed by atoms with Crippen LogP contribution in [0.1, 0.15) is 10.4 Å². The van der Waals surface area contributed by atoms with Crippen LogP contribution in [0.5, 0.6) is 11.5 Å². The third-order valence-electron chi connectivity index (χ3n) is 2.63. The topological polar surface area (TPSA) is 46.5 Å². The number of hydrogen-bond donors (Lipinski definition) is 1. The van der Waals surface area contributed by atoms with Gasteiger partial charge in [-0.25, -0.2) is 8.78 Å². The average molecular weight is 264 g/mol. The van der Waals surface area contributed by atoms with E-state index in [-0.39, 0.29) is 28.2 Å². The van der Waals surface area contributed by atoms with Crippen LogP contribution in [0, 0.1) is 11.6 Å². The Bertz CT molecular complexity index is 619. The van der Waals surface area contributed by atoms with E-state index < -0.39 is 11.6 Å². The van der Waals surface area contributed by atoms with Crippen molar-refractivity contribution in [3.05, 3.63) is 47.5 Å². The lowest BCUT2D eigenvalue weighted by molar-refractivity contribution is 0.112. The molecule has 0 amide bonds. The van der Waals surface area contributed by atoms with Crippen molar-refractivity contribution in [3.8, 4) is 22.6 Å². The van der Waals surface area contributed by atoms with Gasteiger partial charge in [-0.1, -0.05) is 0 Å². The third kappa shape index (κ3) is 2.54. The second kappa shape index (κ2) is 5.06. The molecule has 3 nitrogen and oxygen atoms in total. The molecule has 0 heterocycles. The van der Waals surface area contributed by atoms with E-state index in [2.05, 4.69) is 0 Å². The van der Waals surface area contributed by atoms with Gasteiger partial charge in [-0.05, 0) is 29.8 Å². The second-order valence-electron chi connectivity index (χ2n) is 3.90. The average Bonchev–Trinajstić information content (AvgIpc) is 2.37. The van der Waals surface area contributed by atoms with Crippen LogP contribution in [0.2, 0.25) is 0 Å². The number of aromatic hydroxyl groups is 1. The largest absolute Gasteiger partial charge is 0.504 e. The molecule has 5 heteroatoms. The summed E-state index contributed by atoms with van der Waals surface area (Å²) >= 11 is 0. The molecule has 0 saturated carbocycles. The Morgan fingerprint density at radius 1 is 1.11 bits per heavy atom. The highest BCUT2D eigenvalue weighted by Crippen LogP contribution is 2.38. The molecular weight excluding hydrogens is 254 g/mol. The van der Waals surface area contributed by atoms with Gasteiger partial charge in [0.25, 0.3) is 0 Å². The molecule has 2 aromatic rings. The summed E-state index contributed by atoms with van der Waals surface area (Å²) in [4.78, 5) is 10.8. The monoisotopic (exact) mass is 264 g/mol. The van der Waals surface area contributed by atoms with Gasteiger partial charge >= 0.3 is 0 Å². The molecule has 98 valence electrons. The van der Waals surface area contributed by atoms with E-state index in [0.29, 0.717) is 6.29 Å². The Labute approximate surface area is 108 Å². The predicted molar refractivity (Wildman–Crippen MR) is 65.4 cm³/mol.